The van der Waals surface area contributed by atoms with Gasteiger partial charge in [0.1, 0.15) is 0 Å². The van der Waals surface area contributed by atoms with E-state index in [1.54, 1.807) is 48.6 Å². The summed E-state index contributed by atoms with van der Waals surface area (Å²) in [4.78, 5) is 11.5. The Bertz CT molecular complexity index is 526. The van der Waals surface area contributed by atoms with Crippen LogP contribution in [0.25, 0.3) is 0 Å². The molecule has 0 bridgehead atoms. The van der Waals surface area contributed by atoms with Crippen LogP contribution >= 0.6 is 0 Å². The van der Waals surface area contributed by atoms with Crippen LogP contribution in [-0.2, 0) is 10.4 Å². The number of hydrogen-bond donors (Lipinski definition) is 2. The molecule has 1 aliphatic carbocycles. The van der Waals surface area contributed by atoms with Crippen molar-refractivity contribution < 1.29 is 15.0 Å². The van der Waals surface area contributed by atoms with E-state index < -0.39 is 11.6 Å². The Morgan fingerprint density at radius 2 is 1.89 bits per heavy atom. The van der Waals surface area contributed by atoms with Gasteiger partial charge in [-0.05, 0) is 17.6 Å². The van der Waals surface area contributed by atoms with Crippen molar-refractivity contribution in [1.29, 1.82) is 0 Å². The first kappa shape index (κ1) is 12.3. The van der Waals surface area contributed by atoms with Gasteiger partial charge in [-0.3, -0.25) is 0 Å². The smallest absolute Gasteiger partial charge is 0.345 e. The van der Waals surface area contributed by atoms with Crippen LogP contribution in [0.3, 0.4) is 0 Å². The number of aliphatic carboxylic acids is 1. The fourth-order valence-electron chi connectivity index (χ4n) is 1.94. The maximum absolute atomic E-state index is 11.5. The maximum Gasteiger partial charge on any atom is 0.345 e. The average molecular weight is 242 g/mol. The van der Waals surface area contributed by atoms with Gasteiger partial charge in [-0.25, -0.2) is 4.79 Å². The third-order valence-corrected chi connectivity index (χ3v) is 2.92. The van der Waals surface area contributed by atoms with Crippen LogP contribution in [0, 0.1) is 0 Å². The van der Waals surface area contributed by atoms with Gasteiger partial charge in [0.25, 0.3) is 0 Å². The fourth-order valence-corrected chi connectivity index (χ4v) is 1.94. The molecule has 0 aliphatic heterocycles. The Labute approximate surface area is 105 Å². The van der Waals surface area contributed by atoms with Crippen molar-refractivity contribution in [2.45, 2.75) is 12.0 Å². The molecule has 2 rings (SSSR count). The quantitative estimate of drug-likeness (QED) is 0.855. The summed E-state index contributed by atoms with van der Waals surface area (Å²) in [5, 5.41) is 19.9. The molecule has 92 valence electrons. The second-order valence-corrected chi connectivity index (χ2v) is 4.06. The lowest BCUT2D eigenvalue weighted by Crippen LogP contribution is -2.37. The SMILES string of the molecule is O=C(O)C(O)(C1=CCC=CC=C1)c1ccccc1. The Balaban J connectivity index is 2.52. The van der Waals surface area contributed by atoms with Crippen LogP contribution < -0.4 is 0 Å². The van der Waals surface area contributed by atoms with Gasteiger partial charge in [0.05, 0.1) is 0 Å². The van der Waals surface area contributed by atoms with E-state index in [1.165, 1.54) is 0 Å². The zero-order valence-corrected chi connectivity index (χ0v) is 9.78. The number of allylic oxidation sites excluding steroid dienone is 4. The number of carbonyl (C=O) groups is 1. The molecule has 3 nitrogen and oxygen atoms in total. The van der Waals surface area contributed by atoms with Gasteiger partial charge in [-0.15, -0.1) is 0 Å². The summed E-state index contributed by atoms with van der Waals surface area (Å²) in [6, 6.07) is 8.43. The molecule has 18 heavy (non-hydrogen) atoms. The van der Waals surface area contributed by atoms with Crippen molar-refractivity contribution in [2.75, 3.05) is 0 Å². The summed E-state index contributed by atoms with van der Waals surface area (Å²) in [6.45, 7) is 0. The van der Waals surface area contributed by atoms with Crippen molar-refractivity contribution >= 4 is 5.97 Å². The first-order valence-corrected chi connectivity index (χ1v) is 5.71. The summed E-state index contributed by atoms with van der Waals surface area (Å²) >= 11 is 0. The Morgan fingerprint density at radius 1 is 1.17 bits per heavy atom. The molecular formula is C15H14O3. The Hall–Kier alpha value is -2.13. The second-order valence-electron chi connectivity index (χ2n) is 4.06. The second kappa shape index (κ2) is 5.02. The van der Waals surface area contributed by atoms with E-state index in [1.807, 2.05) is 12.2 Å². The molecule has 0 amide bonds. The molecule has 0 saturated carbocycles. The van der Waals surface area contributed by atoms with E-state index in [-0.39, 0.29) is 0 Å². The number of benzene rings is 1. The van der Waals surface area contributed by atoms with Crippen LogP contribution in [0.4, 0.5) is 0 Å². The fraction of sp³-hybridized carbons (Fsp3) is 0.133. The molecule has 0 heterocycles. The predicted molar refractivity (Wildman–Crippen MR) is 69.0 cm³/mol. The molecule has 1 aliphatic rings. The summed E-state index contributed by atoms with van der Waals surface area (Å²) in [7, 11) is 0. The highest BCUT2D eigenvalue weighted by Gasteiger charge is 2.40. The molecule has 1 atom stereocenters. The zero-order chi connectivity index (χ0) is 13.0. The van der Waals surface area contributed by atoms with Gasteiger partial charge in [0, 0.05) is 0 Å². The monoisotopic (exact) mass is 242 g/mol. The van der Waals surface area contributed by atoms with Gasteiger partial charge in [-0.2, -0.15) is 0 Å². The van der Waals surface area contributed by atoms with Crippen molar-refractivity contribution in [3.05, 3.63) is 71.8 Å². The molecule has 1 unspecified atom stereocenters. The summed E-state index contributed by atoms with van der Waals surface area (Å²) in [5.41, 5.74) is -1.26. The van der Waals surface area contributed by atoms with Crippen molar-refractivity contribution in [1.82, 2.24) is 0 Å². The van der Waals surface area contributed by atoms with Gasteiger partial charge >= 0.3 is 5.97 Å². The summed E-state index contributed by atoms with van der Waals surface area (Å²) in [5.74, 6) is -1.27. The van der Waals surface area contributed by atoms with Crippen molar-refractivity contribution in [2.24, 2.45) is 0 Å². The first-order chi connectivity index (χ1) is 8.65. The largest absolute Gasteiger partial charge is 0.479 e. The summed E-state index contributed by atoms with van der Waals surface area (Å²) in [6.07, 6.45) is 9.42. The molecule has 1 aromatic rings. The lowest BCUT2D eigenvalue weighted by Gasteiger charge is -2.25. The Kier molecular flexibility index (Phi) is 3.44. The van der Waals surface area contributed by atoms with Crippen LogP contribution in [-0.4, -0.2) is 16.2 Å². The molecule has 0 aromatic heterocycles. The highest BCUT2D eigenvalue weighted by atomic mass is 16.4. The van der Waals surface area contributed by atoms with Crippen molar-refractivity contribution in [3.8, 4) is 0 Å². The topological polar surface area (TPSA) is 57.5 Å². The zero-order valence-electron chi connectivity index (χ0n) is 9.78. The number of carboxylic acid groups (broad SMARTS) is 1. The average Bonchev–Trinajstić information content (AvgIpc) is 2.67. The van der Waals surface area contributed by atoms with Crippen LogP contribution in [0.1, 0.15) is 12.0 Å². The van der Waals surface area contributed by atoms with E-state index in [0.29, 0.717) is 17.6 Å². The van der Waals surface area contributed by atoms with E-state index >= 15 is 0 Å². The Morgan fingerprint density at radius 3 is 2.56 bits per heavy atom. The summed E-state index contributed by atoms with van der Waals surface area (Å²) < 4.78 is 0. The highest BCUT2D eigenvalue weighted by molar-refractivity contribution is 5.84. The number of carboxylic acids is 1. The van der Waals surface area contributed by atoms with Crippen LogP contribution in [0.2, 0.25) is 0 Å². The van der Waals surface area contributed by atoms with E-state index in [0.717, 1.165) is 0 Å². The standard InChI is InChI=1S/C15H14O3/c16-14(17)15(18,13-10-6-3-7-11-13)12-8-4-1-2-5-9-12/h1-4,6-11,18H,5H2,(H,16,17). The lowest BCUT2D eigenvalue weighted by atomic mass is 9.85. The van der Waals surface area contributed by atoms with Crippen LogP contribution in [0.5, 0.6) is 0 Å². The van der Waals surface area contributed by atoms with Crippen molar-refractivity contribution in [3.63, 3.8) is 0 Å². The minimum atomic E-state index is -2.00. The molecule has 3 heteroatoms. The minimum absolute atomic E-state index is 0.357. The minimum Gasteiger partial charge on any atom is -0.479 e. The molecular weight excluding hydrogens is 228 g/mol. The normalized spacial score (nSPS) is 17.7. The van der Waals surface area contributed by atoms with Gasteiger partial charge < -0.3 is 10.2 Å². The lowest BCUT2D eigenvalue weighted by molar-refractivity contribution is -0.155. The van der Waals surface area contributed by atoms with Gasteiger partial charge in [0.15, 0.2) is 0 Å². The third-order valence-electron chi connectivity index (χ3n) is 2.92. The molecule has 0 spiro atoms. The van der Waals surface area contributed by atoms with Gasteiger partial charge in [-0.1, -0.05) is 60.7 Å². The molecule has 1 aromatic carbocycles. The molecule has 2 N–H and O–H groups in total. The van der Waals surface area contributed by atoms with E-state index in [9.17, 15) is 15.0 Å². The van der Waals surface area contributed by atoms with Gasteiger partial charge in [0.2, 0.25) is 5.60 Å². The van der Waals surface area contributed by atoms with E-state index in [2.05, 4.69) is 0 Å². The molecule has 0 fully saturated rings. The van der Waals surface area contributed by atoms with Crippen LogP contribution in [0.15, 0.2) is 66.3 Å². The third kappa shape index (κ3) is 2.13. The van der Waals surface area contributed by atoms with E-state index in [4.69, 9.17) is 0 Å². The number of rotatable bonds is 3. The maximum atomic E-state index is 11.5. The number of hydrogen-bond acceptors (Lipinski definition) is 2. The highest BCUT2D eigenvalue weighted by Crippen LogP contribution is 2.31. The molecule has 0 saturated heterocycles. The number of aliphatic hydroxyl groups is 1. The first-order valence-electron chi connectivity index (χ1n) is 5.71. The molecule has 0 radical (unpaired) electrons. The predicted octanol–water partition coefficient (Wildman–Crippen LogP) is 2.40.